The molecule has 0 aliphatic rings. The van der Waals surface area contributed by atoms with Crippen LogP contribution in [-0.4, -0.2) is 7.11 Å². The summed E-state index contributed by atoms with van der Waals surface area (Å²) in [4.78, 5) is 0. The molecular weight excluding hydrogens is 241 g/mol. The summed E-state index contributed by atoms with van der Waals surface area (Å²) in [6, 6.07) is 11.0. The zero-order chi connectivity index (χ0) is 13.8. The third kappa shape index (κ3) is 3.25. The Morgan fingerprint density at radius 2 is 1.74 bits per heavy atom. The number of methoxy groups -OCH3 is 1. The van der Waals surface area contributed by atoms with Crippen molar-refractivity contribution in [2.24, 2.45) is 0 Å². The van der Waals surface area contributed by atoms with Crippen LogP contribution in [0.4, 0.5) is 10.1 Å². The fraction of sp³-hybridized carbons (Fsp3) is 0.250. The van der Waals surface area contributed by atoms with Gasteiger partial charge in [-0.2, -0.15) is 0 Å². The molecule has 0 saturated heterocycles. The van der Waals surface area contributed by atoms with Crippen LogP contribution in [0.15, 0.2) is 36.4 Å². The summed E-state index contributed by atoms with van der Waals surface area (Å²) in [5.41, 5.74) is 3.72. The van der Waals surface area contributed by atoms with E-state index in [0.29, 0.717) is 12.2 Å². The van der Waals surface area contributed by atoms with E-state index >= 15 is 0 Å². The van der Waals surface area contributed by atoms with E-state index in [2.05, 4.69) is 5.32 Å². The molecule has 0 spiro atoms. The van der Waals surface area contributed by atoms with Crippen molar-refractivity contribution in [2.45, 2.75) is 20.4 Å². The van der Waals surface area contributed by atoms with Gasteiger partial charge in [0.2, 0.25) is 0 Å². The van der Waals surface area contributed by atoms with Crippen molar-refractivity contribution in [1.82, 2.24) is 0 Å². The van der Waals surface area contributed by atoms with Crippen LogP contribution in [0.25, 0.3) is 0 Å². The minimum atomic E-state index is -0.239. The number of nitrogens with one attached hydrogen (secondary N) is 1. The lowest BCUT2D eigenvalue weighted by molar-refractivity contribution is 0.410. The van der Waals surface area contributed by atoms with Crippen molar-refractivity contribution in [1.29, 1.82) is 0 Å². The van der Waals surface area contributed by atoms with Crippen molar-refractivity contribution in [3.8, 4) is 5.75 Å². The van der Waals surface area contributed by atoms with E-state index in [-0.39, 0.29) is 5.82 Å². The predicted molar refractivity (Wildman–Crippen MR) is 76.2 cm³/mol. The molecule has 0 unspecified atom stereocenters. The normalized spacial score (nSPS) is 10.3. The summed E-state index contributed by atoms with van der Waals surface area (Å²) in [7, 11) is 1.64. The molecule has 2 aromatic rings. The Hall–Kier alpha value is -2.03. The molecule has 0 atom stereocenters. The third-order valence-electron chi connectivity index (χ3n) is 3.03. The summed E-state index contributed by atoms with van der Waals surface area (Å²) < 4.78 is 18.9. The Bertz CT molecular complexity index is 581. The average molecular weight is 259 g/mol. The molecule has 0 aromatic heterocycles. The zero-order valence-electron chi connectivity index (χ0n) is 11.5. The minimum absolute atomic E-state index is 0.239. The minimum Gasteiger partial charge on any atom is -0.496 e. The van der Waals surface area contributed by atoms with Crippen LogP contribution in [0, 0.1) is 19.7 Å². The van der Waals surface area contributed by atoms with Gasteiger partial charge in [0, 0.05) is 12.1 Å². The summed E-state index contributed by atoms with van der Waals surface area (Å²) in [5, 5.41) is 3.12. The number of halogens is 1. The third-order valence-corrected chi connectivity index (χ3v) is 3.03. The molecule has 0 saturated carbocycles. The molecule has 0 fully saturated rings. The van der Waals surface area contributed by atoms with Crippen LogP contribution in [-0.2, 0) is 6.54 Å². The number of hydrogen-bond donors (Lipinski definition) is 1. The highest BCUT2D eigenvalue weighted by molar-refractivity contribution is 5.49. The van der Waals surface area contributed by atoms with Crippen molar-refractivity contribution in [2.75, 3.05) is 12.4 Å². The monoisotopic (exact) mass is 259 g/mol. The van der Waals surface area contributed by atoms with Gasteiger partial charge in [0.05, 0.1) is 12.8 Å². The molecular formula is C16H18FNO. The maximum absolute atomic E-state index is 13.6. The zero-order valence-corrected chi connectivity index (χ0v) is 11.5. The van der Waals surface area contributed by atoms with E-state index < -0.39 is 0 Å². The van der Waals surface area contributed by atoms with Gasteiger partial charge in [0.25, 0.3) is 0 Å². The topological polar surface area (TPSA) is 21.3 Å². The Labute approximate surface area is 113 Å². The van der Waals surface area contributed by atoms with Gasteiger partial charge < -0.3 is 10.1 Å². The number of ether oxygens (including phenoxy) is 1. The lowest BCUT2D eigenvalue weighted by Crippen LogP contribution is -2.04. The van der Waals surface area contributed by atoms with E-state index in [0.717, 1.165) is 22.4 Å². The van der Waals surface area contributed by atoms with Crippen LogP contribution >= 0.6 is 0 Å². The van der Waals surface area contributed by atoms with E-state index in [1.165, 1.54) is 6.07 Å². The van der Waals surface area contributed by atoms with E-state index in [4.69, 9.17) is 4.74 Å². The van der Waals surface area contributed by atoms with Gasteiger partial charge >= 0.3 is 0 Å². The van der Waals surface area contributed by atoms with Crippen LogP contribution in [0.3, 0.4) is 0 Å². The number of benzene rings is 2. The highest BCUT2D eigenvalue weighted by atomic mass is 19.1. The molecule has 1 N–H and O–H groups in total. The fourth-order valence-electron chi connectivity index (χ4n) is 2.01. The van der Waals surface area contributed by atoms with Gasteiger partial charge in [0.1, 0.15) is 11.6 Å². The van der Waals surface area contributed by atoms with Gasteiger partial charge in [0.15, 0.2) is 0 Å². The SMILES string of the molecule is COc1ccc(C)cc1CNc1cc(C)ccc1F. The number of aryl methyl sites for hydroxylation is 2. The molecule has 2 aromatic carbocycles. The molecule has 0 bridgehead atoms. The Morgan fingerprint density at radius 3 is 2.47 bits per heavy atom. The van der Waals surface area contributed by atoms with Crippen molar-refractivity contribution in [3.63, 3.8) is 0 Å². The van der Waals surface area contributed by atoms with Gasteiger partial charge in [-0.1, -0.05) is 23.8 Å². The molecule has 2 nitrogen and oxygen atoms in total. The molecule has 0 aliphatic carbocycles. The van der Waals surface area contributed by atoms with Crippen molar-refractivity contribution >= 4 is 5.69 Å². The first-order valence-corrected chi connectivity index (χ1v) is 6.23. The maximum atomic E-state index is 13.6. The molecule has 0 aliphatic heterocycles. The van der Waals surface area contributed by atoms with E-state index in [1.54, 1.807) is 19.2 Å². The first kappa shape index (κ1) is 13.4. The lowest BCUT2D eigenvalue weighted by atomic mass is 10.1. The first-order chi connectivity index (χ1) is 9.10. The highest BCUT2D eigenvalue weighted by Crippen LogP contribution is 2.22. The van der Waals surface area contributed by atoms with Crippen LogP contribution in [0.2, 0.25) is 0 Å². The average Bonchev–Trinajstić information content (AvgIpc) is 2.40. The molecule has 0 heterocycles. The second-order valence-corrected chi connectivity index (χ2v) is 4.65. The Balaban J connectivity index is 2.18. The van der Waals surface area contributed by atoms with E-state index in [9.17, 15) is 4.39 Å². The second-order valence-electron chi connectivity index (χ2n) is 4.65. The second kappa shape index (κ2) is 5.74. The van der Waals surface area contributed by atoms with Gasteiger partial charge in [-0.05, 0) is 37.6 Å². The maximum Gasteiger partial charge on any atom is 0.146 e. The molecule has 100 valence electrons. The standard InChI is InChI=1S/C16H18FNO/c1-11-5-7-16(19-3)13(8-11)10-18-15-9-12(2)4-6-14(15)17/h4-9,18H,10H2,1-3H3. The van der Waals surface area contributed by atoms with Gasteiger partial charge in [-0.3, -0.25) is 0 Å². The van der Waals surface area contributed by atoms with Crippen molar-refractivity contribution < 1.29 is 9.13 Å². The van der Waals surface area contributed by atoms with Gasteiger partial charge in [-0.15, -0.1) is 0 Å². The predicted octanol–water partition coefficient (Wildman–Crippen LogP) is 4.06. The first-order valence-electron chi connectivity index (χ1n) is 6.23. The van der Waals surface area contributed by atoms with Crippen LogP contribution in [0.1, 0.15) is 16.7 Å². The number of hydrogen-bond acceptors (Lipinski definition) is 2. The number of rotatable bonds is 4. The molecule has 0 amide bonds. The molecule has 19 heavy (non-hydrogen) atoms. The summed E-state index contributed by atoms with van der Waals surface area (Å²) >= 11 is 0. The quantitative estimate of drug-likeness (QED) is 0.894. The lowest BCUT2D eigenvalue weighted by Gasteiger charge is -2.12. The van der Waals surface area contributed by atoms with Crippen molar-refractivity contribution in [3.05, 3.63) is 58.9 Å². The molecule has 2 rings (SSSR count). The molecule has 0 radical (unpaired) electrons. The van der Waals surface area contributed by atoms with Crippen LogP contribution in [0.5, 0.6) is 5.75 Å². The fourth-order valence-corrected chi connectivity index (χ4v) is 2.01. The van der Waals surface area contributed by atoms with Crippen LogP contribution < -0.4 is 10.1 Å². The highest BCUT2D eigenvalue weighted by Gasteiger charge is 2.05. The molecule has 3 heteroatoms. The summed E-state index contributed by atoms with van der Waals surface area (Å²) in [6.45, 7) is 4.50. The van der Waals surface area contributed by atoms with Gasteiger partial charge in [-0.25, -0.2) is 4.39 Å². The smallest absolute Gasteiger partial charge is 0.146 e. The Kier molecular flexibility index (Phi) is 4.05. The largest absolute Gasteiger partial charge is 0.496 e. The summed E-state index contributed by atoms with van der Waals surface area (Å²) in [5.74, 6) is 0.573. The number of anilines is 1. The van der Waals surface area contributed by atoms with E-state index in [1.807, 2.05) is 32.0 Å². The Morgan fingerprint density at radius 1 is 1.05 bits per heavy atom. The summed E-state index contributed by atoms with van der Waals surface area (Å²) in [6.07, 6.45) is 0.